The van der Waals surface area contributed by atoms with Crippen LogP contribution in [0.5, 0.6) is 0 Å². The fraction of sp³-hybridized carbons (Fsp3) is 0.375. The Morgan fingerprint density at radius 2 is 1.93 bits per heavy atom. The maximum Gasteiger partial charge on any atom is 0.337 e. The zero-order valence-corrected chi connectivity index (χ0v) is 23.3. The van der Waals surface area contributed by atoms with Crippen molar-refractivity contribution in [3.63, 3.8) is 0 Å². The van der Waals surface area contributed by atoms with Gasteiger partial charge in [-0.15, -0.1) is 5.10 Å². The molecule has 1 amide bonds. The number of hydrogen-bond donors (Lipinski definition) is 1. The molecule has 1 aliphatic carbocycles. The maximum absolute atomic E-state index is 14.9. The number of hydrogen-bond acceptors (Lipinski definition) is 4. The molecule has 1 aliphatic heterocycles. The number of carboxylic acids is 1. The van der Waals surface area contributed by atoms with Gasteiger partial charge in [-0.05, 0) is 79.6 Å². The number of benzene rings is 2. The normalized spacial score (nSPS) is 20.3. The molecule has 8 nitrogen and oxygen atoms in total. The molecule has 3 atom stereocenters. The summed E-state index contributed by atoms with van der Waals surface area (Å²) >= 11 is 0. The lowest BCUT2D eigenvalue weighted by atomic mass is 9.96. The Hall–Kier alpha value is -4.27. The molecule has 212 valence electrons. The Bertz CT molecular complexity index is 1610. The molecule has 2 aromatic heterocycles. The van der Waals surface area contributed by atoms with E-state index in [-0.39, 0.29) is 29.3 Å². The van der Waals surface area contributed by atoms with Crippen molar-refractivity contribution in [2.45, 2.75) is 63.3 Å². The maximum atomic E-state index is 14.9. The van der Waals surface area contributed by atoms with Crippen molar-refractivity contribution >= 4 is 11.9 Å². The molecule has 6 rings (SSSR count). The van der Waals surface area contributed by atoms with E-state index in [1.54, 1.807) is 23.0 Å². The fourth-order valence-corrected chi connectivity index (χ4v) is 6.37. The SMILES string of the molecule is CCC[C@@H]1CCCCN1C(=O)c1cc(F)cc(-c2cccc(-n3ccc(C(=O)O)c3[C@@H]3C[C@H]3c3cn(C)nn3)c2)c1. The van der Waals surface area contributed by atoms with Gasteiger partial charge in [0, 0.05) is 60.8 Å². The number of likely N-dealkylation sites (tertiary alicyclic amines) is 1. The van der Waals surface area contributed by atoms with E-state index in [1.807, 2.05) is 47.0 Å². The molecule has 0 radical (unpaired) electrons. The minimum absolute atomic E-state index is 0.00420. The number of halogens is 1. The molecule has 2 aliphatic rings. The number of piperidine rings is 1. The summed E-state index contributed by atoms with van der Waals surface area (Å²) in [6, 6.07) is 13.9. The number of amides is 1. The van der Waals surface area contributed by atoms with Gasteiger partial charge < -0.3 is 14.6 Å². The van der Waals surface area contributed by atoms with Crippen LogP contribution < -0.4 is 0 Å². The van der Waals surface area contributed by atoms with Gasteiger partial charge in [-0.2, -0.15) is 0 Å². The second-order valence-electron chi connectivity index (χ2n) is 11.3. The Morgan fingerprint density at radius 1 is 1.07 bits per heavy atom. The van der Waals surface area contributed by atoms with Crippen molar-refractivity contribution in [3.8, 4) is 16.8 Å². The highest BCUT2D eigenvalue weighted by Crippen LogP contribution is 2.55. The zero-order valence-electron chi connectivity index (χ0n) is 23.3. The van der Waals surface area contributed by atoms with Crippen LogP contribution >= 0.6 is 0 Å². The van der Waals surface area contributed by atoms with Crippen LogP contribution in [0.2, 0.25) is 0 Å². The van der Waals surface area contributed by atoms with Gasteiger partial charge in [0.15, 0.2) is 0 Å². The first-order valence-electron chi connectivity index (χ1n) is 14.4. The molecule has 0 unspecified atom stereocenters. The molecule has 1 saturated heterocycles. The molecule has 0 spiro atoms. The third kappa shape index (κ3) is 5.28. The predicted molar refractivity (Wildman–Crippen MR) is 153 cm³/mol. The zero-order chi connectivity index (χ0) is 28.7. The van der Waals surface area contributed by atoms with Crippen molar-refractivity contribution in [1.82, 2.24) is 24.5 Å². The van der Waals surface area contributed by atoms with Gasteiger partial charge in [-0.1, -0.05) is 30.7 Å². The molecule has 3 heterocycles. The van der Waals surface area contributed by atoms with Gasteiger partial charge in [0.25, 0.3) is 5.91 Å². The number of rotatable bonds is 8. The van der Waals surface area contributed by atoms with E-state index in [2.05, 4.69) is 17.2 Å². The van der Waals surface area contributed by atoms with Crippen molar-refractivity contribution in [2.24, 2.45) is 7.05 Å². The van der Waals surface area contributed by atoms with Gasteiger partial charge >= 0.3 is 5.97 Å². The largest absolute Gasteiger partial charge is 0.478 e. The van der Waals surface area contributed by atoms with Crippen LogP contribution in [-0.2, 0) is 7.05 Å². The van der Waals surface area contributed by atoms with E-state index in [0.717, 1.165) is 55.5 Å². The lowest BCUT2D eigenvalue weighted by Gasteiger charge is -2.36. The van der Waals surface area contributed by atoms with Crippen LogP contribution in [0, 0.1) is 5.82 Å². The molecular formula is C32H34FN5O3. The summed E-state index contributed by atoms with van der Waals surface area (Å²) in [5.41, 5.74) is 4.30. The first-order chi connectivity index (χ1) is 19.8. The van der Waals surface area contributed by atoms with Gasteiger partial charge in [0.05, 0.1) is 11.3 Å². The number of carbonyl (C=O) groups is 2. The Labute approximate surface area is 238 Å². The van der Waals surface area contributed by atoms with E-state index in [9.17, 15) is 19.1 Å². The van der Waals surface area contributed by atoms with Crippen LogP contribution in [0.1, 0.15) is 89.4 Å². The van der Waals surface area contributed by atoms with Crippen molar-refractivity contribution in [3.05, 3.63) is 89.3 Å². The number of carboxylic acid groups (broad SMARTS) is 1. The van der Waals surface area contributed by atoms with E-state index in [0.29, 0.717) is 23.4 Å². The number of aryl methyl sites for hydroxylation is 1. The molecule has 9 heteroatoms. The van der Waals surface area contributed by atoms with Gasteiger partial charge in [-0.25, -0.2) is 9.18 Å². The minimum atomic E-state index is -0.980. The highest BCUT2D eigenvalue weighted by atomic mass is 19.1. The van der Waals surface area contributed by atoms with Gasteiger partial charge in [0.1, 0.15) is 5.82 Å². The Morgan fingerprint density at radius 3 is 2.68 bits per heavy atom. The molecular weight excluding hydrogens is 521 g/mol. The second-order valence-corrected chi connectivity index (χ2v) is 11.3. The van der Waals surface area contributed by atoms with Crippen LogP contribution in [0.3, 0.4) is 0 Å². The summed E-state index contributed by atoms with van der Waals surface area (Å²) in [4.78, 5) is 27.6. The summed E-state index contributed by atoms with van der Waals surface area (Å²) in [6.45, 7) is 2.82. The highest BCUT2D eigenvalue weighted by molar-refractivity contribution is 5.96. The quantitative estimate of drug-likeness (QED) is 0.280. The lowest BCUT2D eigenvalue weighted by Crippen LogP contribution is -2.43. The number of aromatic nitrogens is 4. The highest BCUT2D eigenvalue weighted by Gasteiger charge is 2.45. The smallest absolute Gasteiger partial charge is 0.337 e. The average Bonchev–Trinajstić information content (AvgIpc) is 3.41. The summed E-state index contributed by atoms with van der Waals surface area (Å²) in [7, 11) is 1.81. The third-order valence-electron chi connectivity index (χ3n) is 8.41. The standard InChI is InChI=1S/C32H34FN5O3/c1-3-7-24-9-4-5-12-38(24)31(39)22-14-21(15-23(33)16-22)20-8-6-10-25(17-20)37-13-11-26(32(40)41)30(37)28-18-27(28)29-19-36(2)35-34-29/h6,8,10-11,13-17,19,24,27-28H,3-5,7,9,12,18H2,1-2H3,(H,40,41)/t24-,27-,28-/m1/s1. The van der Waals surface area contributed by atoms with E-state index >= 15 is 0 Å². The minimum Gasteiger partial charge on any atom is -0.478 e. The average molecular weight is 556 g/mol. The van der Waals surface area contributed by atoms with Gasteiger partial charge in [-0.3, -0.25) is 9.48 Å². The molecule has 1 N–H and O–H groups in total. The van der Waals surface area contributed by atoms with Crippen molar-refractivity contribution in [2.75, 3.05) is 6.54 Å². The van der Waals surface area contributed by atoms with Crippen LogP contribution in [0.4, 0.5) is 4.39 Å². The predicted octanol–water partition coefficient (Wildman–Crippen LogP) is 6.18. The van der Waals surface area contributed by atoms with E-state index < -0.39 is 11.8 Å². The Balaban J connectivity index is 1.33. The molecule has 2 aromatic carbocycles. The third-order valence-corrected chi connectivity index (χ3v) is 8.41. The molecule has 1 saturated carbocycles. The van der Waals surface area contributed by atoms with E-state index in [4.69, 9.17) is 0 Å². The molecule has 2 fully saturated rings. The van der Waals surface area contributed by atoms with Crippen LogP contribution in [0.25, 0.3) is 16.8 Å². The molecule has 4 aromatic rings. The second kappa shape index (κ2) is 11.0. The summed E-state index contributed by atoms with van der Waals surface area (Å²) in [6.07, 6.45) is 9.44. The number of aromatic carboxylic acids is 1. The molecule has 41 heavy (non-hydrogen) atoms. The number of nitrogens with zero attached hydrogens (tertiary/aromatic N) is 5. The van der Waals surface area contributed by atoms with Crippen molar-refractivity contribution < 1.29 is 19.1 Å². The van der Waals surface area contributed by atoms with Crippen LogP contribution in [-0.4, -0.2) is 54.0 Å². The summed E-state index contributed by atoms with van der Waals surface area (Å²) in [5, 5.41) is 18.2. The van der Waals surface area contributed by atoms with Gasteiger partial charge in [0.2, 0.25) is 0 Å². The lowest BCUT2D eigenvalue weighted by molar-refractivity contribution is 0.0599. The monoisotopic (exact) mass is 555 g/mol. The van der Waals surface area contributed by atoms with Crippen LogP contribution in [0.15, 0.2) is 60.9 Å². The number of carbonyl (C=O) groups excluding carboxylic acids is 1. The summed E-state index contributed by atoms with van der Waals surface area (Å²) < 4.78 is 18.5. The first-order valence-corrected chi connectivity index (χ1v) is 14.4. The molecule has 0 bridgehead atoms. The first kappa shape index (κ1) is 26.9. The Kier molecular flexibility index (Phi) is 7.19. The topological polar surface area (TPSA) is 93.2 Å². The van der Waals surface area contributed by atoms with Crippen molar-refractivity contribution in [1.29, 1.82) is 0 Å². The fourth-order valence-electron chi connectivity index (χ4n) is 6.37. The summed E-state index contributed by atoms with van der Waals surface area (Å²) in [5.74, 6) is -1.47. The van der Waals surface area contributed by atoms with E-state index in [1.165, 1.54) is 12.1 Å².